The van der Waals surface area contributed by atoms with Crippen LogP contribution in [0.2, 0.25) is 0 Å². The van der Waals surface area contributed by atoms with Crippen LogP contribution in [0, 0.1) is 5.82 Å². The monoisotopic (exact) mass is 377 g/mol. The summed E-state index contributed by atoms with van der Waals surface area (Å²) >= 11 is 0. The lowest BCUT2D eigenvalue weighted by Gasteiger charge is -2.22. The number of halogens is 1. The van der Waals surface area contributed by atoms with Crippen LogP contribution < -0.4 is 10.5 Å². The second-order valence-corrected chi connectivity index (χ2v) is 7.74. The van der Waals surface area contributed by atoms with Crippen LogP contribution in [0.25, 0.3) is 5.69 Å². The van der Waals surface area contributed by atoms with E-state index in [1.54, 1.807) is 18.2 Å². The van der Waals surface area contributed by atoms with Gasteiger partial charge in [0.25, 0.3) is 0 Å². The molecule has 0 amide bonds. The average Bonchev–Trinajstić information content (AvgIpc) is 3.03. The van der Waals surface area contributed by atoms with Crippen LogP contribution in [-0.2, 0) is 14.9 Å². The Morgan fingerprint density at radius 3 is 2.74 bits per heavy atom. The van der Waals surface area contributed by atoms with Crippen molar-refractivity contribution < 1.29 is 18.6 Å². The number of nitrogens with two attached hydrogens (primary N) is 1. The van der Waals surface area contributed by atoms with E-state index in [4.69, 9.17) is 19.9 Å². The van der Waals surface area contributed by atoms with E-state index < -0.39 is 5.82 Å². The number of nitrogen functional groups attached to an aromatic ring is 1. The molecule has 1 aliphatic heterocycles. The van der Waals surface area contributed by atoms with Gasteiger partial charge in [-0.15, -0.1) is 0 Å². The number of anilines is 1. The summed E-state index contributed by atoms with van der Waals surface area (Å²) in [6.07, 6.45) is 2.97. The molecule has 0 saturated carbocycles. The molecule has 1 saturated heterocycles. The summed E-state index contributed by atoms with van der Waals surface area (Å²) in [7, 11) is 0. The van der Waals surface area contributed by atoms with Crippen LogP contribution in [0.15, 0.2) is 24.3 Å². The number of rotatable bonds is 6. The maximum absolute atomic E-state index is 14.4. The predicted molar refractivity (Wildman–Crippen MR) is 102 cm³/mol. The minimum absolute atomic E-state index is 0.147. The fourth-order valence-electron chi connectivity index (χ4n) is 2.88. The first-order valence-electron chi connectivity index (χ1n) is 9.36. The molecule has 1 aliphatic rings. The summed E-state index contributed by atoms with van der Waals surface area (Å²) in [4.78, 5) is 0. The second kappa shape index (κ2) is 8.27. The summed E-state index contributed by atoms with van der Waals surface area (Å²) in [6, 6.07) is 6.31. The summed E-state index contributed by atoms with van der Waals surface area (Å²) in [5.74, 6) is 0.505. The SMILES string of the molecule is CC(C)(C)c1cc(N)n(-c2cc(OCCOC3CCCCO3)ccc2F)n1. The zero-order chi connectivity index (χ0) is 19.4. The molecule has 0 bridgehead atoms. The first-order chi connectivity index (χ1) is 12.8. The Morgan fingerprint density at radius 1 is 1.26 bits per heavy atom. The van der Waals surface area contributed by atoms with Crippen molar-refractivity contribution in [3.05, 3.63) is 35.8 Å². The van der Waals surface area contributed by atoms with Crippen LogP contribution in [0.3, 0.4) is 0 Å². The van der Waals surface area contributed by atoms with E-state index in [0.717, 1.165) is 31.6 Å². The highest BCUT2D eigenvalue weighted by molar-refractivity contribution is 5.47. The number of hydrogen-bond donors (Lipinski definition) is 1. The van der Waals surface area contributed by atoms with Crippen LogP contribution in [0.4, 0.5) is 10.2 Å². The van der Waals surface area contributed by atoms with E-state index in [-0.39, 0.29) is 17.4 Å². The van der Waals surface area contributed by atoms with Gasteiger partial charge in [0.1, 0.15) is 29.7 Å². The lowest BCUT2D eigenvalue weighted by Crippen LogP contribution is -2.24. The highest BCUT2D eigenvalue weighted by atomic mass is 19.1. The third-order valence-corrected chi connectivity index (χ3v) is 4.44. The van der Waals surface area contributed by atoms with Crippen LogP contribution in [-0.4, -0.2) is 35.9 Å². The van der Waals surface area contributed by atoms with Crippen molar-refractivity contribution in [2.24, 2.45) is 0 Å². The standard InChI is InChI=1S/C20H28FN3O3/c1-20(2,3)17-13-18(22)24(23-17)16-12-14(7-8-15(16)21)25-10-11-27-19-6-4-5-9-26-19/h7-8,12-13,19H,4-6,9-11,22H2,1-3H3. The smallest absolute Gasteiger partial charge is 0.157 e. The van der Waals surface area contributed by atoms with E-state index in [0.29, 0.717) is 24.8 Å². The maximum atomic E-state index is 14.4. The molecule has 0 radical (unpaired) electrons. The van der Waals surface area contributed by atoms with Crippen molar-refractivity contribution in [1.29, 1.82) is 0 Å². The topological polar surface area (TPSA) is 71.5 Å². The maximum Gasteiger partial charge on any atom is 0.157 e. The molecule has 6 nitrogen and oxygen atoms in total. The number of benzene rings is 1. The zero-order valence-corrected chi connectivity index (χ0v) is 16.2. The Balaban J connectivity index is 1.65. The van der Waals surface area contributed by atoms with E-state index in [1.807, 2.05) is 20.8 Å². The number of ether oxygens (including phenoxy) is 3. The highest BCUT2D eigenvalue weighted by Gasteiger charge is 2.21. The minimum Gasteiger partial charge on any atom is -0.491 e. The molecule has 1 atom stereocenters. The fraction of sp³-hybridized carbons (Fsp3) is 0.550. The third kappa shape index (κ3) is 4.99. The van der Waals surface area contributed by atoms with Crippen LogP contribution in [0.1, 0.15) is 45.7 Å². The molecule has 1 fully saturated rings. The van der Waals surface area contributed by atoms with Gasteiger partial charge in [0.2, 0.25) is 0 Å². The largest absolute Gasteiger partial charge is 0.491 e. The Morgan fingerprint density at radius 2 is 2.07 bits per heavy atom. The summed E-state index contributed by atoms with van der Waals surface area (Å²) in [5.41, 5.74) is 6.93. The van der Waals surface area contributed by atoms with Gasteiger partial charge < -0.3 is 19.9 Å². The molecule has 1 unspecified atom stereocenters. The molecule has 3 rings (SSSR count). The molecule has 27 heavy (non-hydrogen) atoms. The highest BCUT2D eigenvalue weighted by Crippen LogP contribution is 2.27. The zero-order valence-electron chi connectivity index (χ0n) is 16.2. The van der Waals surface area contributed by atoms with Gasteiger partial charge in [0, 0.05) is 24.2 Å². The predicted octanol–water partition coefficient (Wildman–Crippen LogP) is 3.81. The quantitative estimate of drug-likeness (QED) is 0.775. The summed E-state index contributed by atoms with van der Waals surface area (Å²) < 4.78 is 32.6. The molecule has 1 aromatic carbocycles. The van der Waals surface area contributed by atoms with Crippen molar-refractivity contribution in [2.75, 3.05) is 25.6 Å². The Hall–Kier alpha value is -2.12. The van der Waals surface area contributed by atoms with Crippen LogP contribution >= 0.6 is 0 Å². The van der Waals surface area contributed by atoms with E-state index in [1.165, 1.54) is 10.7 Å². The van der Waals surface area contributed by atoms with Crippen molar-refractivity contribution in [2.45, 2.75) is 51.7 Å². The molecule has 7 heteroatoms. The summed E-state index contributed by atoms with van der Waals surface area (Å²) in [6.45, 7) is 7.61. The molecule has 2 heterocycles. The molecule has 2 aromatic rings. The molecule has 1 aromatic heterocycles. The minimum atomic E-state index is -0.413. The van der Waals surface area contributed by atoms with E-state index in [9.17, 15) is 4.39 Å². The van der Waals surface area contributed by atoms with E-state index in [2.05, 4.69) is 5.10 Å². The Labute approximate surface area is 159 Å². The molecular weight excluding hydrogens is 349 g/mol. The van der Waals surface area contributed by atoms with Crippen molar-refractivity contribution in [3.63, 3.8) is 0 Å². The number of nitrogens with zero attached hydrogens (tertiary/aromatic N) is 2. The molecule has 0 aliphatic carbocycles. The summed E-state index contributed by atoms with van der Waals surface area (Å²) in [5, 5.41) is 4.47. The third-order valence-electron chi connectivity index (χ3n) is 4.44. The van der Waals surface area contributed by atoms with Gasteiger partial charge in [0.05, 0.1) is 12.3 Å². The first kappa shape index (κ1) is 19.6. The second-order valence-electron chi connectivity index (χ2n) is 7.74. The Bertz CT molecular complexity index is 764. The van der Waals surface area contributed by atoms with Crippen molar-refractivity contribution in [1.82, 2.24) is 9.78 Å². The fourth-order valence-corrected chi connectivity index (χ4v) is 2.88. The van der Waals surface area contributed by atoms with Gasteiger partial charge in [-0.3, -0.25) is 0 Å². The van der Waals surface area contributed by atoms with Crippen molar-refractivity contribution in [3.8, 4) is 11.4 Å². The lowest BCUT2D eigenvalue weighted by molar-refractivity contribution is -0.165. The Kier molecular flexibility index (Phi) is 6.01. The molecule has 148 valence electrons. The van der Waals surface area contributed by atoms with E-state index >= 15 is 0 Å². The molecule has 2 N–H and O–H groups in total. The van der Waals surface area contributed by atoms with Gasteiger partial charge in [-0.25, -0.2) is 9.07 Å². The van der Waals surface area contributed by atoms with Gasteiger partial charge >= 0.3 is 0 Å². The number of aromatic nitrogens is 2. The number of hydrogen-bond acceptors (Lipinski definition) is 5. The molecular formula is C20H28FN3O3. The van der Waals surface area contributed by atoms with Crippen molar-refractivity contribution >= 4 is 5.82 Å². The average molecular weight is 377 g/mol. The van der Waals surface area contributed by atoms with Gasteiger partial charge in [-0.1, -0.05) is 20.8 Å². The van der Waals surface area contributed by atoms with Crippen LogP contribution in [0.5, 0.6) is 5.75 Å². The normalized spacial score (nSPS) is 17.9. The van der Waals surface area contributed by atoms with Gasteiger partial charge in [-0.2, -0.15) is 5.10 Å². The molecule has 0 spiro atoms. The van der Waals surface area contributed by atoms with Gasteiger partial charge in [0.15, 0.2) is 6.29 Å². The lowest BCUT2D eigenvalue weighted by atomic mass is 9.92. The van der Waals surface area contributed by atoms with Gasteiger partial charge in [-0.05, 0) is 31.4 Å². The first-order valence-corrected chi connectivity index (χ1v) is 9.36.